The third-order valence-corrected chi connectivity index (χ3v) is 7.69. The average Bonchev–Trinajstić information content (AvgIpc) is 3.05. The Morgan fingerprint density at radius 2 is 1.82 bits per heavy atom. The van der Waals surface area contributed by atoms with E-state index in [1.807, 2.05) is 6.07 Å². The standard InChI is InChI=1S/C25H39N3O5/c1-3-16(4-2)14-27(25(33)22(30)15-29)10-11-28-18-8-9-19(28)13-17(12-18)20-6-5-7-21(23(20)31)24(26)32/h5-7,16-19,22,29-31H,3-4,8-15H2,1-2H3,(H2,26,32)/t17?,18-,19+,22?. The summed E-state index contributed by atoms with van der Waals surface area (Å²) in [5.74, 6) is -0.496. The highest BCUT2D eigenvalue weighted by Gasteiger charge is 2.42. The molecule has 2 amide bonds. The second-order valence-electron chi connectivity index (χ2n) is 9.56. The minimum Gasteiger partial charge on any atom is -0.507 e. The van der Waals surface area contributed by atoms with E-state index in [2.05, 4.69) is 18.7 Å². The van der Waals surface area contributed by atoms with Crippen LogP contribution in [0.25, 0.3) is 0 Å². The number of nitrogens with zero attached hydrogens (tertiary/aromatic N) is 2. The third kappa shape index (κ3) is 5.67. The van der Waals surface area contributed by atoms with Gasteiger partial charge in [-0.25, -0.2) is 0 Å². The second kappa shape index (κ2) is 11.3. The molecule has 0 radical (unpaired) electrons. The largest absolute Gasteiger partial charge is 0.507 e. The predicted molar refractivity (Wildman–Crippen MR) is 126 cm³/mol. The number of carbonyl (C=O) groups excluding carboxylic acids is 2. The van der Waals surface area contributed by atoms with Gasteiger partial charge in [0.25, 0.3) is 11.8 Å². The van der Waals surface area contributed by atoms with Crippen molar-refractivity contribution in [1.82, 2.24) is 9.80 Å². The summed E-state index contributed by atoms with van der Waals surface area (Å²) < 4.78 is 0. The van der Waals surface area contributed by atoms with Crippen LogP contribution in [0, 0.1) is 5.92 Å². The fourth-order valence-corrected chi connectivity index (χ4v) is 5.66. The molecule has 2 aliphatic heterocycles. The third-order valence-electron chi connectivity index (χ3n) is 7.69. The van der Waals surface area contributed by atoms with E-state index in [4.69, 9.17) is 5.73 Å². The fourth-order valence-electron chi connectivity index (χ4n) is 5.66. The number of fused-ring (bicyclic) bond motifs is 2. The lowest BCUT2D eigenvalue weighted by atomic mass is 9.83. The number of aromatic hydroxyl groups is 1. The number of hydrogen-bond acceptors (Lipinski definition) is 6. The summed E-state index contributed by atoms with van der Waals surface area (Å²) in [6, 6.07) is 5.90. The van der Waals surface area contributed by atoms with Crippen LogP contribution in [-0.2, 0) is 4.79 Å². The molecule has 1 aromatic carbocycles. The van der Waals surface area contributed by atoms with Gasteiger partial charge in [0, 0.05) is 31.7 Å². The molecule has 33 heavy (non-hydrogen) atoms. The summed E-state index contributed by atoms with van der Waals surface area (Å²) in [5.41, 5.74) is 6.37. The van der Waals surface area contributed by atoms with Crippen LogP contribution in [-0.4, -0.2) is 81.4 Å². The average molecular weight is 462 g/mol. The molecule has 2 bridgehead atoms. The van der Waals surface area contributed by atoms with Crippen molar-refractivity contribution < 1.29 is 24.9 Å². The number of piperidine rings is 1. The van der Waals surface area contributed by atoms with Gasteiger partial charge in [0.05, 0.1) is 12.2 Å². The van der Waals surface area contributed by atoms with Crippen molar-refractivity contribution in [1.29, 1.82) is 0 Å². The Kier molecular flexibility index (Phi) is 8.73. The van der Waals surface area contributed by atoms with Crippen LogP contribution in [0.3, 0.4) is 0 Å². The molecule has 2 aliphatic rings. The first kappa shape index (κ1) is 25.5. The Labute approximate surface area is 196 Å². The van der Waals surface area contributed by atoms with Gasteiger partial charge in [-0.05, 0) is 49.1 Å². The predicted octanol–water partition coefficient (Wildman–Crippen LogP) is 1.82. The van der Waals surface area contributed by atoms with Gasteiger partial charge >= 0.3 is 0 Å². The maximum Gasteiger partial charge on any atom is 0.253 e. The monoisotopic (exact) mass is 461 g/mol. The number of hydrogen-bond donors (Lipinski definition) is 4. The van der Waals surface area contributed by atoms with Gasteiger partial charge in [0.1, 0.15) is 5.75 Å². The van der Waals surface area contributed by atoms with Gasteiger partial charge < -0.3 is 26.0 Å². The summed E-state index contributed by atoms with van der Waals surface area (Å²) in [4.78, 5) is 28.5. The van der Waals surface area contributed by atoms with E-state index < -0.39 is 24.5 Å². The van der Waals surface area contributed by atoms with Gasteiger partial charge in [-0.3, -0.25) is 14.5 Å². The molecule has 8 heteroatoms. The molecule has 5 N–H and O–H groups in total. The van der Waals surface area contributed by atoms with E-state index in [1.165, 1.54) is 0 Å². The quantitative estimate of drug-likeness (QED) is 0.398. The first-order valence-corrected chi connectivity index (χ1v) is 12.3. The number of carbonyl (C=O) groups is 2. The number of rotatable bonds is 11. The Morgan fingerprint density at radius 1 is 1.18 bits per heavy atom. The van der Waals surface area contributed by atoms with Crippen molar-refractivity contribution in [2.75, 3.05) is 26.2 Å². The van der Waals surface area contributed by atoms with E-state index in [0.717, 1.165) is 50.6 Å². The van der Waals surface area contributed by atoms with Crippen molar-refractivity contribution in [3.05, 3.63) is 29.3 Å². The number of amides is 2. The molecule has 3 rings (SSSR count). The molecule has 0 aliphatic carbocycles. The molecule has 184 valence electrons. The lowest BCUT2D eigenvalue weighted by Gasteiger charge is -2.40. The summed E-state index contributed by atoms with van der Waals surface area (Å²) in [7, 11) is 0. The van der Waals surface area contributed by atoms with Crippen LogP contribution in [0.4, 0.5) is 0 Å². The zero-order valence-electron chi connectivity index (χ0n) is 19.8. The summed E-state index contributed by atoms with van der Waals surface area (Å²) in [6.45, 7) is 5.47. The molecular weight excluding hydrogens is 422 g/mol. The molecule has 2 fully saturated rings. The Balaban J connectivity index is 1.68. The maximum atomic E-state index is 12.7. The highest BCUT2D eigenvalue weighted by molar-refractivity contribution is 5.96. The molecule has 0 saturated carbocycles. The smallest absolute Gasteiger partial charge is 0.253 e. The lowest BCUT2D eigenvalue weighted by molar-refractivity contribution is -0.143. The molecule has 2 heterocycles. The minimum atomic E-state index is -1.37. The molecule has 2 saturated heterocycles. The summed E-state index contributed by atoms with van der Waals surface area (Å²) in [6.07, 6.45) is 4.44. The van der Waals surface area contributed by atoms with Crippen molar-refractivity contribution in [2.45, 2.75) is 76.5 Å². The highest BCUT2D eigenvalue weighted by Crippen LogP contribution is 2.45. The number of phenols is 1. The van der Waals surface area contributed by atoms with E-state index in [9.17, 15) is 24.9 Å². The van der Waals surface area contributed by atoms with Crippen LogP contribution in [0.2, 0.25) is 0 Å². The van der Waals surface area contributed by atoms with Gasteiger partial charge in [-0.15, -0.1) is 0 Å². The molecule has 1 aromatic rings. The zero-order valence-corrected chi connectivity index (χ0v) is 19.8. The number of primary amides is 1. The minimum absolute atomic E-state index is 0.00258. The van der Waals surface area contributed by atoms with Gasteiger partial charge in [-0.2, -0.15) is 0 Å². The number of benzene rings is 1. The number of para-hydroxylation sites is 1. The topological polar surface area (TPSA) is 127 Å². The number of aliphatic hydroxyl groups excluding tert-OH is 2. The summed E-state index contributed by atoms with van der Waals surface area (Å²) >= 11 is 0. The van der Waals surface area contributed by atoms with E-state index >= 15 is 0 Å². The van der Waals surface area contributed by atoms with Gasteiger partial charge in [0.2, 0.25) is 0 Å². The van der Waals surface area contributed by atoms with Crippen LogP contribution in [0.15, 0.2) is 18.2 Å². The first-order chi connectivity index (χ1) is 15.8. The normalized spacial score (nSPS) is 23.6. The summed E-state index contributed by atoms with van der Waals surface area (Å²) in [5, 5.41) is 29.8. The van der Waals surface area contributed by atoms with Crippen molar-refractivity contribution in [3.63, 3.8) is 0 Å². The Morgan fingerprint density at radius 3 is 2.36 bits per heavy atom. The molecular formula is C25H39N3O5. The fraction of sp³-hybridized carbons (Fsp3) is 0.680. The second-order valence-corrected chi connectivity index (χ2v) is 9.56. The van der Waals surface area contributed by atoms with Crippen LogP contribution < -0.4 is 5.73 Å². The van der Waals surface area contributed by atoms with E-state index in [-0.39, 0.29) is 17.2 Å². The SMILES string of the molecule is CCC(CC)CN(CCN1[C@@H]2CC[C@H]1CC(c1cccc(C(N)=O)c1O)C2)C(=O)C(O)CO. The number of nitrogens with two attached hydrogens (primary N) is 1. The highest BCUT2D eigenvalue weighted by atomic mass is 16.3. The molecule has 0 spiro atoms. The van der Waals surface area contributed by atoms with Crippen molar-refractivity contribution >= 4 is 11.8 Å². The zero-order chi connectivity index (χ0) is 24.1. The molecule has 2 unspecified atom stereocenters. The van der Waals surface area contributed by atoms with Crippen LogP contribution in [0.1, 0.15) is 74.2 Å². The van der Waals surface area contributed by atoms with Crippen molar-refractivity contribution in [3.8, 4) is 5.75 Å². The Bertz CT molecular complexity index is 814. The van der Waals surface area contributed by atoms with Crippen LogP contribution in [0.5, 0.6) is 5.75 Å². The molecule has 4 atom stereocenters. The van der Waals surface area contributed by atoms with Gasteiger partial charge in [-0.1, -0.05) is 38.8 Å². The van der Waals surface area contributed by atoms with Crippen molar-refractivity contribution in [2.24, 2.45) is 11.7 Å². The number of aliphatic hydroxyl groups is 2. The van der Waals surface area contributed by atoms with E-state index in [1.54, 1.807) is 17.0 Å². The maximum absolute atomic E-state index is 12.7. The Hall–Kier alpha value is -2.16. The van der Waals surface area contributed by atoms with Crippen LogP contribution >= 0.6 is 0 Å². The first-order valence-electron chi connectivity index (χ1n) is 12.3. The van der Waals surface area contributed by atoms with Gasteiger partial charge in [0.15, 0.2) is 6.10 Å². The van der Waals surface area contributed by atoms with E-state index in [0.29, 0.717) is 31.1 Å². The molecule has 0 aromatic heterocycles. The lowest BCUT2D eigenvalue weighted by Crippen LogP contribution is -2.50. The molecule has 8 nitrogen and oxygen atoms in total.